The number of hydrogen-bond acceptors (Lipinski definition) is 5. The van der Waals surface area contributed by atoms with Crippen LogP contribution >= 0.6 is 0 Å². The molecule has 210 valence electrons. The largest absolute Gasteiger partial charge is 0.508 e. The first-order valence-corrected chi connectivity index (χ1v) is 13.8. The molecule has 7 nitrogen and oxygen atoms in total. The highest BCUT2D eigenvalue weighted by atomic mass is 16.4. The van der Waals surface area contributed by atoms with Gasteiger partial charge in [0.05, 0.1) is 17.5 Å². The number of fused-ring (bicyclic) bond motifs is 1. The van der Waals surface area contributed by atoms with E-state index in [-0.39, 0.29) is 12.2 Å². The van der Waals surface area contributed by atoms with Crippen molar-refractivity contribution in [2.45, 2.75) is 24.9 Å². The van der Waals surface area contributed by atoms with Gasteiger partial charge in [0.25, 0.3) is 0 Å². The normalized spacial score (nSPS) is 23.5. The van der Waals surface area contributed by atoms with Gasteiger partial charge < -0.3 is 10.2 Å². The number of aromatic hydroxyl groups is 1. The Morgan fingerprint density at radius 1 is 0.833 bits per heavy atom. The standard InChI is InChI=1S/C35H30N2O5/c1-22-7-5-6-10-28(22)37-32(39)29-30(33(37)40)35(34(41)42,21-25-15-19-27(38)20-16-25)36-31(29)26-17-13-24(14-18-26)12-11-23-8-3-2-4-9-23/h2-20,29-31,36,38H,21H2,1H3,(H,41,42)/b12-11+. The Kier molecular flexibility index (Phi) is 6.96. The van der Waals surface area contributed by atoms with Gasteiger partial charge in [-0.05, 0) is 52.9 Å². The minimum atomic E-state index is -1.75. The van der Waals surface area contributed by atoms with Crippen LogP contribution < -0.4 is 10.2 Å². The third-order valence-electron chi connectivity index (χ3n) is 8.37. The maximum Gasteiger partial charge on any atom is 0.325 e. The van der Waals surface area contributed by atoms with E-state index in [0.29, 0.717) is 11.3 Å². The molecule has 4 atom stereocenters. The number of imide groups is 1. The zero-order valence-corrected chi connectivity index (χ0v) is 23.0. The molecule has 3 N–H and O–H groups in total. The smallest absolute Gasteiger partial charge is 0.325 e. The maximum atomic E-state index is 14.1. The average molecular weight is 559 g/mol. The van der Waals surface area contributed by atoms with Crippen molar-refractivity contribution in [3.05, 3.63) is 131 Å². The number of rotatable bonds is 7. The molecule has 4 aromatic carbocycles. The fourth-order valence-corrected chi connectivity index (χ4v) is 6.28. The second-order valence-electron chi connectivity index (χ2n) is 11.0. The quantitative estimate of drug-likeness (QED) is 0.208. The lowest BCUT2D eigenvalue weighted by molar-refractivity contribution is -0.148. The summed E-state index contributed by atoms with van der Waals surface area (Å²) in [5, 5.41) is 23.8. The van der Waals surface area contributed by atoms with E-state index in [2.05, 4.69) is 5.32 Å². The number of amides is 2. The first-order valence-electron chi connectivity index (χ1n) is 13.8. The Hall–Kier alpha value is -5.01. The second-order valence-corrected chi connectivity index (χ2v) is 11.0. The molecule has 7 heteroatoms. The summed E-state index contributed by atoms with van der Waals surface area (Å²) in [6.45, 7) is 1.82. The molecule has 4 aromatic rings. The van der Waals surface area contributed by atoms with Crippen molar-refractivity contribution in [3.63, 3.8) is 0 Å². The molecule has 2 amide bonds. The van der Waals surface area contributed by atoms with Crippen LogP contribution in [0.5, 0.6) is 5.75 Å². The number of nitrogens with zero attached hydrogens (tertiary/aromatic N) is 1. The summed E-state index contributed by atoms with van der Waals surface area (Å²) in [7, 11) is 0. The maximum absolute atomic E-state index is 14.1. The molecule has 2 fully saturated rings. The molecule has 42 heavy (non-hydrogen) atoms. The molecule has 4 unspecified atom stereocenters. The highest BCUT2D eigenvalue weighted by molar-refractivity contribution is 6.24. The lowest BCUT2D eigenvalue weighted by atomic mass is 9.76. The number of nitrogens with one attached hydrogen (secondary N) is 1. The Morgan fingerprint density at radius 2 is 1.45 bits per heavy atom. The van der Waals surface area contributed by atoms with Crippen LogP contribution in [0, 0.1) is 18.8 Å². The van der Waals surface area contributed by atoms with E-state index in [1.54, 1.807) is 24.3 Å². The van der Waals surface area contributed by atoms with Crippen molar-refractivity contribution in [2.24, 2.45) is 11.8 Å². The number of aryl methyl sites for hydroxylation is 1. The van der Waals surface area contributed by atoms with Gasteiger partial charge in [-0.2, -0.15) is 0 Å². The lowest BCUT2D eigenvalue weighted by Gasteiger charge is -2.31. The monoisotopic (exact) mass is 558 g/mol. The van der Waals surface area contributed by atoms with Crippen LogP contribution in [0.1, 0.15) is 33.9 Å². The molecule has 0 saturated carbocycles. The molecule has 0 radical (unpaired) electrons. The molecule has 6 rings (SSSR count). The second kappa shape index (κ2) is 10.8. The fraction of sp³-hybridized carbons (Fsp3) is 0.171. The number of hydrogen-bond donors (Lipinski definition) is 3. The minimum Gasteiger partial charge on any atom is -0.508 e. The van der Waals surface area contributed by atoms with Gasteiger partial charge in [-0.1, -0.05) is 97.1 Å². The van der Waals surface area contributed by atoms with Gasteiger partial charge in [0, 0.05) is 12.5 Å². The number of para-hydroxylation sites is 1. The molecular weight excluding hydrogens is 528 g/mol. The number of aliphatic carboxylic acids is 1. The predicted molar refractivity (Wildman–Crippen MR) is 161 cm³/mol. The van der Waals surface area contributed by atoms with Crippen molar-refractivity contribution in [1.82, 2.24) is 5.32 Å². The molecular formula is C35H30N2O5. The van der Waals surface area contributed by atoms with E-state index >= 15 is 0 Å². The van der Waals surface area contributed by atoms with E-state index in [0.717, 1.165) is 22.3 Å². The van der Waals surface area contributed by atoms with Gasteiger partial charge in [0.2, 0.25) is 11.8 Å². The van der Waals surface area contributed by atoms with Gasteiger partial charge in [-0.15, -0.1) is 0 Å². The van der Waals surface area contributed by atoms with E-state index in [1.165, 1.54) is 17.0 Å². The van der Waals surface area contributed by atoms with Crippen LogP contribution in [0.4, 0.5) is 5.69 Å². The van der Waals surface area contributed by atoms with E-state index in [4.69, 9.17) is 0 Å². The van der Waals surface area contributed by atoms with Crippen LogP contribution in [-0.4, -0.2) is 33.5 Å². The van der Waals surface area contributed by atoms with E-state index in [9.17, 15) is 24.6 Å². The van der Waals surface area contributed by atoms with Crippen molar-refractivity contribution in [2.75, 3.05) is 4.90 Å². The zero-order valence-electron chi connectivity index (χ0n) is 23.0. The highest BCUT2D eigenvalue weighted by Gasteiger charge is 2.68. The number of phenols is 1. The molecule has 2 aliphatic heterocycles. The number of phenolic OH excluding ortho intramolecular Hbond substituents is 1. The number of carboxylic acid groups (broad SMARTS) is 1. The van der Waals surface area contributed by atoms with Crippen LogP contribution in [0.3, 0.4) is 0 Å². The zero-order chi connectivity index (χ0) is 29.4. The summed E-state index contributed by atoms with van der Waals surface area (Å²) >= 11 is 0. The number of anilines is 1. The Bertz CT molecular complexity index is 1680. The molecule has 0 aliphatic carbocycles. The molecule has 0 bridgehead atoms. The summed E-state index contributed by atoms with van der Waals surface area (Å²) in [4.78, 5) is 42.5. The average Bonchev–Trinajstić information content (AvgIpc) is 3.48. The Morgan fingerprint density at radius 3 is 2.10 bits per heavy atom. The summed E-state index contributed by atoms with van der Waals surface area (Å²) in [6.07, 6.45) is 3.95. The highest BCUT2D eigenvalue weighted by Crippen LogP contribution is 2.51. The SMILES string of the molecule is Cc1ccccc1N1C(=O)C2C(c3ccc(/C=C/c4ccccc4)cc3)NC(Cc3ccc(O)cc3)(C(=O)O)C2C1=O. The van der Waals surface area contributed by atoms with Gasteiger partial charge in [-0.3, -0.25) is 19.7 Å². The molecule has 0 spiro atoms. The van der Waals surface area contributed by atoms with Crippen LogP contribution in [0.25, 0.3) is 12.2 Å². The predicted octanol–water partition coefficient (Wildman–Crippen LogP) is 5.39. The Balaban J connectivity index is 1.41. The van der Waals surface area contributed by atoms with E-state index in [1.807, 2.05) is 85.8 Å². The van der Waals surface area contributed by atoms with Crippen LogP contribution in [0.2, 0.25) is 0 Å². The summed E-state index contributed by atoms with van der Waals surface area (Å²) < 4.78 is 0. The molecule has 0 aromatic heterocycles. The summed E-state index contributed by atoms with van der Waals surface area (Å²) in [5.41, 5.74) is 2.82. The van der Waals surface area contributed by atoms with Gasteiger partial charge >= 0.3 is 5.97 Å². The third-order valence-corrected chi connectivity index (χ3v) is 8.37. The van der Waals surface area contributed by atoms with Crippen molar-refractivity contribution < 1.29 is 24.6 Å². The van der Waals surface area contributed by atoms with Gasteiger partial charge in [0.15, 0.2) is 0 Å². The number of carbonyl (C=O) groups excluding carboxylic acids is 2. The summed E-state index contributed by atoms with van der Waals surface area (Å²) in [6, 6.07) is 30.2. The Labute approximate surface area is 243 Å². The van der Waals surface area contributed by atoms with Gasteiger partial charge in [-0.25, -0.2) is 4.90 Å². The topological polar surface area (TPSA) is 107 Å². The molecule has 2 saturated heterocycles. The van der Waals surface area contributed by atoms with Crippen LogP contribution in [0.15, 0.2) is 103 Å². The van der Waals surface area contributed by atoms with Crippen LogP contribution in [-0.2, 0) is 20.8 Å². The lowest BCUT2D eigenvalue weighted by Crippen LogP contribution is -2.57. The third kappa shape index (κ3) is 4.67. The molecule has 2 heterocycles. The number of carbonyl (C=O) groups is 3. The summed E-state index contributed by atoms with van der Waals surface area (Å²) in [5.74, 6) is -4.16. The number of benzene rings is 4. The van der Waals surface area contributed by atoms with E-state index < -0.39 is 41.2 Å². The first kappa shape index (κ1) is 27.2. The fourth-order valence-electron chi connectivity index (χ4n) is 6.28. The molecule has 2 aliphatic rings. The number of carboxylic acids is 1. The van der Waals surface area contributed by atoms with Crippen molar-refractivity contribution >= 4 is 35.6 Å². The van der Waals surface area contributed by atoms with Crippen molar-refractivity contribution in [3.8, 4) is 5.75 Å². The minimum absolute atomic E-state index is 0.0428. The first-order chi connectivity index (χ1) is 20.3. The van der Waals surface area contributed by atoms with Gasteiger partial charge in [0.1, 0.15) is 11.3 Å². The van der Waals surface area contributed by atoms with Crippen molar-refractivity contribution in [1.29, 1.82) is 0 Å².